The molecule has 0 spiro atoms. The van der Waals surface area contributed by atoms with Crippen LogP contribution in [0.15, 0.2) is 12.4 Å². The molecule has 0 atom stereocenters. The number of thioether (sulfide) groups is 1. The van der Waals surface area contributed by atoms with Crippen LogP contribution in [-0.4, -0.2) is 64.3 Å². The van der Waals surface area contributed by atoms with Gasteiger partial charge in [0.05, 0.1) is 11.7 Å². The number of aromatic nitrogens is 2. The van der Waals surface area contributed by atoms with Crippen LogP contribution in [0.2, 0.25) is 0 Å². The van der Waals surface area contributed by atoms with Crippen molar-refractivity contribution in [2.45, 2.75) is 31.1 Å². The normalized spacial score (nSPS) is 19.0. The molecule has 1 aromatic heterocycles. The summed E-state index contributed by atoms with van der Waals surface area (Å²) in [5.41, 5.74) is 1.03. The van der Waals surface area contributed by atoms with E-state index in [2.05, 4.69) is 21.5 Å². The van der Waals surface area contributed by atoms with Gasteiger partial charge < -0.3 is 15.1 Å². The van der Waals surface area contributed by atoms with Crippen LogP contribution in [-0.2, 0) is 5.75 Å². The maximum absolute atomic E-state index is 12.3. The second-order valence-electron chi connectivity index (χ2n) is 5.90. The van der Waals surface area contributed by atoms with Gasteiger partial charge in [0, 0.05) is 38.0 Å². The summed E-state index contributed by atoms with van der Waals surface area (Å²) in [6, 6.07) is 2.49. The van der Waals surface area contributed by atoms with Gasteiger partial charge in [-0.3, -0.25) is 0 Å². The summed E-state index contributed by atoms with van der Waals surface area (Å²) in [7, 11) is 0. The van der Waals surface area contributed by atoms with E-state index in [0.717, 1.165) is 56.3 Å². The Hall–Kier alpha value is -1.50. The van der Waals surface area contributed by atoms with Gasteiger partial charge in [-0.05, 0) is 25.5 Å². The molecule has 2 aliphatic rings. The zero-order valence-electron chi connectivity index (χ0n) is 13.0. The van der Waals surface area contributed by atoms with Crippen molar-refractivity contribution >= 4 is 23.6 Å². The predicted molar refractivity (Wildman–Crippen MR) is 89.1 cm³/mol. The lowest BCUT2D eigenvalue weighted by atomic mass is 10.1. The number of rotatable bonds is 4. The van der Waals surface area contributed by atoms with E-state index in [0.29, 0.717) is 6.04 Å². The maximum atomic E-state index is 12.3. The van der Waals surface area contributed by atoms with Gasteiger partial charge in [-0.25, -0.2) is 14.8 Å². The number of nitrogens with zero attached hydrogens (tertiary/aromatic N) is 4. The van der Waals surface area contributed by atoms with Gasteiger partial charge in [-0.2, -0.15) is 11.8 Å². The van der Waals surface area contributed by atoms with Gasteiger partial charge in [0.25, 0.3) is 0 Å². The molecule has 2 amide bonds. The smallest absolute Gasteiger partial charge is 0.320 e. The zero-order chi connectivity index (χ0) is 15.4. The lowest BCUT2D eigenvalue weighted by Crippen LogP contribution is -2.60. The van der Waals surface area contributed by atoms with Crippen LogP contribution in [0.25, 0.3) is 0 Å². The molecule has 6 nitrogen and oxygen atoms in total. The number of carbonyl (C=O) groups is 1. The summed E-state index contributed by atoms with van der Waals surface area (Å²) in [6.07, 6.45) is 7.19. The first-order chi connectivity index (χ1) is 10.8. The van der Waals surface area contributed by atoms with E-state index in [4.69, 9.17) is 0 Å². The van der Waals surface area contributed by atoms with E-state index in [1.54, 1.807) is 18.1 Å². The van der Waals surface area contributed by atoms with Gasteiger partial charge in [0.2, 0.25) is 0 Å². The third-order valence-corrected chi connectivity index (χ3v) is 4.73. The number of hydrogen-bond acceptors (Lipinski definition) is 5. The van der Waals surface area contributed by atoms with Crippen molar-refractivity contribution in [3.05, 3.63) is 18.1 Å². The highest BCUT2D eigenvalue weighted by Crippen LogP contribution is 2.19. The Kier molecular flexibility index (Phi) is 5.02. The molecule has 2 saturated heterocycles. The molecule has 120 valence electrons. The van der Waals surface area contributed by atoms with E-state index >= 15 is 0 Å². The Bertz CT molecular complexity index is 514. The molecule has 2 aliphatic heterocycles. The van der Waals surface area contributed by atoms with Crippen LogP contribution >= 0.6 is 11.8 Å². The molecule has 0 aromatic carbocycles. The Balaban J connectivity index is 1.47. The van der Waals surface area contributed by atoms with Crippen molar-refractivity contribution in [2.75, 3.05) is 37.8 Å². The maximum Gasteiger partial charge on any atom is 0.320 e. The van der Waals surface area contributed by atoms with Gasteiger partial charge in [-0.15, -0.1) is 0 Å². The Morgan fingerprint density at radius 1 is 1.27 bits per heavy atom. The minimum Gasteiger partial charge on any atom is -0.364 e. The summed E-state index contributed by atoms with van der Waals surface area (Å²) in [5.74, 6) is 1.75. The number of anilines is 1. The Labute approximate surface area is 135 Å². The minimum atomic E-state index is 0.198. The van der Waals surface area contributed by atoms with Crippen molar-refractivity contribution in [2.24, 2.45) is 0 Å². The Morgan fingerprint density at radius 3 is 2.77 bits per heavy atom. The molecular formula is C15H23N5OS. The van der Waals surface area contributed by atoms with Gasteiger partial charge >= 0.3 is 6.03 Å². The quantitative estimate of drug-likeness (QED) is 0.919. The van der Waals surface area contributed by atoms with E-state index in [1.807, 2.05) is 15.9 Å². The van der Waals surface area contributed by atoms with Gasteiger partial charge in [0.1, 0.15) is 12.1 Å². The van der Waals surface area contributed by atoms with Crippen molar-refractivity contribution in [3.8, 4) is 0 Å². The molecule has 1 N–H and O–H groups in total. The number of hydrogen-bond donors (Lipinski definition) is 1. The molecule has 3 rings (SSSR count). The molecule has 2 fully saturated rings. The zero-order valence-corrected chi connectivity index (χ0v) is 13.8. The molecule has 0 bridgehead atoms. The summed E-state index contributed by atoms with van der Waals surface area (Å²) >= 11 is 1.75. The first kappa shape index (κ1) is 15.4. The molecule has 0 saturated carbocycles. The number of likely N-dealkylation sites (tertiary alicyclic amines) is 2. The second kappa shape index (κ2) is 7.17. The third kappa shape index (κ3) is 3.63. The number of carbonyl (C=O) groups excluding carboxylic acids is 1. The van der Waals surface area contributed by atoms with Crippen molar-refractivity contribution in [1.29, 1.82) is 0 Å². The average molecular weight is 321 g/mol. The van der Waals surface area contributed by atoms with E-state index < -0.39 is 0 Å². The van der Waals surface area contributed by atoms with E-state index in [9.17, 15) is 4.79 Å². The number of amides is 2. The monoisotopic (exact) mass is 321 g/mol. The standard InChI is InChI=1S/C15H23N5OS/c1-22-10-12-7-14(17-11-16-12)18-13-8-20(9-13)15(21)19-5-3-2-4-6-19/h7,11,13H,2-6,8-10H2,1H3,(H,16,17,18). The van der Waals surface area contributed by atoms with Crippen LogP contribution in [0.1, 0.15) is 25.0 Å². The third-order valence-electron chi connectivity index (χ3n) is 4.15. The topological polar surface area (TPSA) is 61.4 Å². The fourth-order valence-electron chi connectivity index (χ4n) is 2.92. The molecule has 0 unspecified atom stereocenters. The van der Waals surface area contributed by atoms with Crippen LogP contribution in [0.5, 0.6) is 0 Å². The SMILES string of the molecule is CSCc1cc(NC2CN(C(=O)N3CCCCC3)C2)ncn1. The lowest BCUT2D eigenvalue weighted by molar-refractivity contribution is 0.112. The summed E-state index contributed by atoms with van der Waals surface area (Å²) < 4.78 is 0. The summed E-state index contributed by atoms with van der Waals surface area (Å²) in [5, 5.41) is 3.39. The summed E-state index contributed by atoms with van der Waals surface area (Å²) in [4.78, 5) is 24.7. The van der Waals surface area contributed by atoms with Crippen molar-refractivity contribution in [3.63, 3.8) is 0 Å². The largest absolute Gasteiger partial charge is 0.364 e. The van der Waals surface area contributed by atoms with Gasteiger partial charge in [-0.1, -0.05) is 0 Å². The van der Waals surface area contributed by atoms with Crippen molar-refractivity contribution < 1.29 is 4.79 Å². The molecule has 0 aliphatic carbocycles. The first-order valence-electron chi connectivity index (χ1n) is 7.86. The highest BCUT2D eigenvalue weighted by molar-refractivity contribution is 7.97. The van der Waals surface area contributed by atoms with Gasteiger partial charge in [0.15, 0.2) is 0 Å². The van der Waals surface area contributed by atoms with E-state index in [1.165, 1.54) is 6.42 Å². The Morgan fingerprint density at radius 2 is 2.05 bits per heavy atom. The summed E-state index contributed by atoms with van der Waals surface area (Å²) in [6.45, 7) is 3.35. The fraction of sp³-hybridized carbons (Fsp3) is 0.667. The molecule has 7 heteroatoms. The fourth-order valence-corrected chi connectivity index (χ4v) is 3.38. The van der Waals surface area contributed by atoms with Crippen LogP contribution in [0, 0.1) is 0 Å². The van der Waals surface area contributed by atoms with E-state index in [-0.39, 0.29) is 6.03 Å². The van der Waals surface area contributed by atoms with Crippen molar-refractivity contribution in [1.82, 2.24) is 19.8 Å². The number of nitrogens with one attached hydrogen (secondary N) is 1. The molecule has 0 radical (unpaired) electrons. The minimum absolute atomic E-state index is 0.198. The average Bonchev–Trinajstić information content (AvgIpc) is 2.51. The first-order valence-corrected chi connectivity index (χ1v) is 9.26. The number of piperidine rings is 1. The number of urea groups is 1. The highest BCUT2D eigenvalue weighted by atomic mass is 32.2. The molecule has 22 heavy (non-hydrogen) atoms. The highest BCUT2D eigenvalue weighted by Gasteiger charge is 2.33. The molecule has 3 heterocycles. The predicted octanol–water partition coefficient (Wildman–Crippen LogP) is 2.04. The second-order valence-corrected chi connectivity index (χ2v) is 6.77. The van der Waals surface area contributed by atoms with Crippen LogP contribution in [0.3, 0.4) is 0 Å². The van der Waals surface area contributed by atoms with Crippen LogP contribution < -0.4 is 5.32 Å². The lowest BCUT2D eigenvalue weighted by Gasteiger charge is -2.43. The molecular weight excluding hydrogens is 298 g/mol. The molecule has 1 aromatic rings. The van der Waals surface area contributed by atoms with Crippen LogP contribution in [0.4, 0.5) is 10.6 Å².